The highest BCUT2D eigenvalue weighted by Gasteiger charge is 2.20. The third-order valence-electron chi connectivity index (χ3n) is 4.58. The quantitative estimate of drug-likeness (QED) is 0.659. The molecule has 2 rings (SSSR count). The predicted molar refractivity (Wildman–Crippen MR) is 110 cm³/mol. The van der Waals surface area contributed by atoms with Gasteiger partial charge in [-0.05, 0) is 37.5 Å². The second-order valence-electron chi connectivity index (χ2n) is 6.98. The standard InChI is InChI=1S/C21H26F2N2O3S/c1-4-20(16-9-7-15(2)8-10-16)24-21(26)6-5-13-25(29(3,27)28)17-11-12-18(22)19(23)14-17/h7-12,14,20H,4-6,13H2,1-3H3,(H,24,26)/t20-/m1/s1. The average Bonchev–Trinajstić information content (AvgIpc) is 2.65. The van der Waals surface area contributed by atoms with Gasteiger partial charge in [-0.2, -0.15) is 0 Å². The van der Waals surface area contributed by atoms with Crippen molar-refractivity contribution in [2.75, 3.05) is 17.1 Å². The fraction of sp³-hybridized carbons (Fsp3) is 0.381. The van der Waals surface area contributed by atoms with E-state index in [0.29, 0.717) is 0 Å². The van der Waals surface area contributed by atoms with E-state index in [0.717, 1.165) is 40.2 Å². The van der Waals surface area contributed by atoms with E-state index in [4.69, 9.17) is 0 Å². The van der Waals surface area contributed by atoms with Crippen LogP contribution in [0.1, 0.15) is 43.4 Å². The minimum atomic E-state index is -3.71. The van der Waals surface area contributed by atoms with Gasteiger partial charge in [0.1, 0.15) is 0 Å². The van der Waals surface area contributed by atoms with Crippen molar-refractivity contribution in [1.29, 1.82) is 0 Å². The van der Waals surface area contributed by atoms with Crippen LogP contribution in [0, 0.1) is 18.6 Å². The van der Waals surface area contributed by atoms with Gasteiger partial charge in [0.15, 0.2) is 11.6 Å². The van der Waals surface area contributed by atoms with Crippen LogP contribution in [0.15, 0.2) is 42.5 Å². The van der Waals surface area contributed by atoms with E-state index in [1.807, 2.05) is 38.1 Å². The molecule has 1 amide bonds. The predicted octanol–water partition coefficient (Wildman–Crippen LogP) is 4.09. The van der Waals surface area contributed by atoms with Crippen molar-refractivity contribution in [3.8, 4) is 0 Å². The number of benzene rings is 2. The molecule has 2 aromatic rings. The van der Waals surface area contributed by atoms with Crippen LogP contribution in [0.4, 0.5) is 14.5 Å². The number of nitrogens with one attached hydrogen (secondary N) is 1. The Labute approximate surface area is 170 Å². The Morgan fingerprint density at radius 3 is 2.31 bits per heavy atom. The molecule has 29 heavy (non-hydrogen) atoms. The van der Waals surface area contributed by atoms with Gasteiger partial charge < -0.3 is 5.32 Å². The first-order valence-corrected chi connectivity index (χ1v) is 11.3. The van der Waals surface area contributed by atoms with Crippen LogP contribution in [0.3, 0.4) is 0 Å². The van der Waals surface area contributed by atoms with Gasteiger partial charge in [0, 0.05) is 19.0 Å². The van der Waals surface area contributed by atoms with E-state index in [-0.39, 0.29) is 37.0 Å². The molecule has 0 saturated carbocycles. The lowest BCUT2D eigenvalue weighted by Gasteiger charge is -2.23. The molecule has 0 fully saturated rings. The minimum absolute atomic E-state index is 0.0152. The fourth-order valence-corrected chi connectivity index (χ4v) is 3.95. The summed E-state index contributed by atoms with van der Waals surface area (Å²) in [4.78, 5) is 12.3. The molecule has 2 aromatic carbocycles. The van der Waals surface area contributed by atoms with Crippen LogP contribution < -0.4 is 9.62 Å². The first kappa shape index (κ1) is 22.8. The second-order valence-corrected chi connectivity index (χ2v) is 8.88. The Balaban J connectivity index is 1.98. The largest absolute Gasteiger partial charge is 0.349 e. The Morgan fingerprint density at radius 2 is 1.76 bits per heavy atom. The minimum Gasteiger partial charge on any atom is -0.349 e. The van der Waals surface area contributed by atoms with Crippen molar-refractivity contribution in [3.63, 3.8) is 0 Å². The molecule has 0 aliphatic carbocycles. The smallest absolute Gasteiger partial charge is 0.232 e. The van der Waals surface area contributed by atoms with Crippen molar-refractivity contribution in [2.24, 2.45) is 0 Å². The highest BCUT2D eigenvalue weighted by atomic mass is 32.2. The van der Waals surface area contributed by atoms with Crippen molar-refractivity contribution in [2.45, 2.75) is 39.2 Å². The van der Waals surface area contributed by atoms with Crippen molar-refractivity contribution in [1.82, 2.24) is 5.32 Å². The van der Waals surface area contributed by atoms with Crippen molar-refractivity contribution < 1.29 is 22.0 Å². The van der Waals surface area contributed by atoms with Crippen LogP contribution in [0.2, 0.25) is 0 Å². The summed E-state index contributed by atoms with van der Waals surface area (Å²) in [5.74, 6) is -2.38. The third-order valence-corrected chi connectivity index (χ3v) is 5.77. The maximum absolute atomic E-state index is 13.5. The number of amides is 1. The number of rotatable bonds is 9. The van der Waals surface area contributed by atoms with E-state index in [9.17, 15) is 22.0 Å². The molecule has 0 aromatic heterocycles. The zero-order valence-electron chi connectivity index (χ0n) is 16.8. The van der Waals surface area contributed by atoms with E-state index >= 15 is 0 Å². The molecule has 0 unspecified atom stereocenters. The number of aryl methyl sites for hydroxylation is 1. The van der Waals surface area contributed by atoms with Gasteiger partial charge in [-0.25, -0.2) is 17.2 Å². The summed E-state index contributed by atoms with van der Waals surface area (Å²) < 4.78 is 51.7. The first-order valence-electron chi connectivity index (χ1n) is 9.40. The van der Waals surface area contributed by atoms with Gasteiger partial charge >= 0.3 is 0 Å². The van der Waals surface area contributed by atoms with E-state index < -0.39 is 21.7 Å². The molecular formula is C21H26F2N2O3S. The van der Waals surface area contributed by atoms with E-state index in [1.165, 1.54) is 6.07 Å². The monoisotopic (exact) mass is 424 g/mol. The number of nitrogens with zero attached hydrogens (tertiary/aromatic N) is 1. The van der Waals surface area contributed by atoms with Crippen LogP contribution in [0.5, 0.6) is 0 Å². The summed E-state index contributed by atoms with van der Waals surface area (Å²) in [6.07, 6.45) is 2.05. The summed E-state index contributed by atoms with van der Waals surface area (Å²) in [5.41, 5.74) is 2.16. The number of hydrogen-bond acceptors (Lipinski definition) is 3. The summed E-state index contributed by atoms with van der Waals surface area (Å²) >= 11 is 0. The normalized spacial score (nSPS) is 12.4. The zero-order valence-corrected chi connectivity index (χ0v) is 17.6. The van der Waals surface area contributed by atoms with Crippen LogP contribution in [0.25, 0.3) is 0 Å². The summed E-state index contributed by atoms with van der Waals surface area (Å²) in [7, 11) is -3.71. The van der Waals surface area contributed by atoms with E-state index in [1.54, 1.807) is 0 Å². The molecule has 0 heterocycles. The second kappa shape index (κ2) is 9.82. The van der Waals surface area contributed by atoms with Crippen LogP contribution in [-0.4, -0.2) is 27.1 Å². The van der Waals surface area contributed by atoms with Gasteiger partial charge in [-0.15, -0.1) is 0 Å². The average molecular weight is 425 g/mol. The van der Waals surface area contributed by atoms with Crippen molar-refractivity contribution >= 4 is 21.6 Å². The molecule has 1 N–H and O–H groups in total. The molecule has 158 valence electrons. The number of anilines is 1. The van der Waals surface area contributed by atoms with Gasteiger partial charge in [-0.3, -0.25) is 9.10 Å². The number of hydrogen-bond donors (Lipinski definition) is 1. The van der Waals surface area contributed by atoms with Crippen LogP contribution in [-0.2, 0) is 14.8 Å². The molecule has 0 aliphatic heterocycles. The highest BCUT2D eigenvalue weighted by Crippen LogP contribution is 2.21. The number of halogens is 2. The van der Waals surface area contributed by atoms with Crippen molar-refractivity contribution in [3.05, 3.63) is 65.2 Å². The summed E-state index contributed by atoms with van der Waals surface area (Å²) in [6, 6.07) is 10.7. The maximum Gasteiger partial charge on any atom is 0.232 e. The molecule has 8 heteroatoms. The lowest BCUT2D eigenvalue weighted by atomic mass is 10.0. The molecule has 0 spiro atoms. The first-order chi connectivity index (χ1) is 13.6. The Bertz CT molecular complexity index is 947. The Hall–Kier alpha value is -2.48. The van der Waals surface area contributed by atoms with Gasteiger partial charge in [0.2, 0.25) is 15.9 Å². The van der Waals surface area contributed by atoms with Gasteiger partial charge in [0.25, 0.3) is 0 Å². The Kier molecular flexibility index (Phi) is 7.73. The zero-order chi connectivity index (χ0) is 21.6. The van der Waals surface area contributed by atoms with Gasteiger partial charge in [0.05, 0.1) is 18.0 Å². The number of carbonyl (C=O) groups excluding carboxylic acids is 1. The molecule has 1 atom stereocenters. The molecule has 5 nitrogen and oxygen atoms in total. The SMILES string of the molecule is CC[C@@H](NC(=O)CCCN(c1ccc(F)c(F)c1)S(C)(=O)=O)c1ccc(C)cc1. The fourth-order valence-electron chi connectivity index (χ4n) is 3.00. The summed E-state index contributed by atoms with van der Waals surface area (Å²) in [6.45, 7) is 3.95. The summed E-state index contributed by atoms with van der Waals surface area (Å²) in [5, 5.41) is 2.95. The lowest BCUT2D eigenvalue weighted by molar-refractivity contribution is -0.121. The van der Waals surface area contributed by atoms with Crippen LogP contribution >= 0.6 is 0 Å². The maximum atomic E-state index is 13.5. The Morgan fingerprint density at radius 1 is 1.10 bits per heavy atom. The third kappa shape index (κ3) is 6.52. The molecule has 0 bridgehead atoms. The highest BCUT2D eigenvalue weighted by molar-refractivity contribution is 7.92. The van der Waals surface area contributed by atoms with Gasteiger partial charge in [-0.1, -0.05) is 36.8 Å². The number of sulfonamides is 1. The molecule has 0 radical (unpaired) electrons. The molecule has 0 saturated heterocycles. The van der Waals surface area contributed by atoms with E-state index in [2.05, 4.69) is 5.32 Å². The number of carbonyl (C=O) groups is 1. The molecular weight excluding hydrogens is 398 g/mol. The molecule has 0 aliphatic rings. The lowest BCUT2D eigenvalue weighted by Crippen LogP contribution is -2.33. The topological polar surface area (TPSA) is 66.5 Å².